The van der Waals surface area contributed by atoms with Gasteiger partial charge in [-0.3, -0.25) is 10.1 Å². The maximum atomic E-state index is 11.1. The van der Waals surface area contributed by atoms with Crippen molar-refractivity contribution in [2.45, 2.75) is 38.3 Å². The van der Waals surface area contributed by atoms with Gasteiger partial charge >= 0.3 is 5.97 Å². The summed E-state index contributed by atoms with van der Waals surface area (Å²) >= 11 is 0. The van der Waals surface area contributed by atoms with Crippen LogP contribution >= 0.6 is 0 Å². The molecule has 0 aromatic carbocycles. The predicted molar refractivity (Wildman–Crippen MR) is 53.2 cm³/mol. The molecule has 1 aliphatic rings. The Morgan fingerprint density at radius 3 is 2.64 bits per heavy atom. The molecule has 14 heavy (non-hydrogen) atoms. The van der Waals surface area contributed by atoms with Gasteiger partial charge in [0.05, 0.1) is 0 Å². The molecule has 0 aliphatic heterocycles. The second-order valence-electron chi connectivity index (χ2n) is 4.34. The van der Waals surface area contributed by atoms with Gasteiger partial charge in [0.1, 0.15) is 5.54 Å². The Kier molecular flexibility index (Phi) is 3.50. The zero-order chi connectivity index (χ0) is 10.8. The number of carboxylic acids is 1. The third-order valence-corrected chi connectivity index (χ3v) is 2.89. The first-order chi connectivity index (χ1) is 6.49. The zero-order valence-corrected chi connectivity index (χ0v) is 9.04. The summed E-state index contributed by atoms with van der Waals surface area (Å²) in [5, 5.41) is 12.3. The quantitative estimate of drug-likeness (QED) is 0.669. The van der Waals surface area contributed by atoms with Gasteiger partial charge in [-0.15, -0.1) is 0 Å². The lowest BCUT2D eigenvalue weighted by molar-refractivity contribution is -0.145. The highest BCUT2D eigenvalue weighted by Crippen LogP contribution is 2.31. The number of methoxy groups -OCH3 is 1. The molecule has 4 nitrogen and oxygen atoms in total. The highest BCUT2D eigenvalue weighted by Gasteiger charge is 2.42. The molecule has 2 N–H and O–H groups in total. The van der Waals surface area contributed by atoms with Gasteiger partial charge in [0.25, 0.3) is 0 Å². The molecule has 0 saturated heterocycles. The monoisotopic (exact) mass is 201 g/mol. The fourth-order valence-corrected chi connectivity index (χ4v) is 1.48. The van der Waals surface area contributed by atoms with Crippen LogP contribution in [0.4, 0.5) is 0 Å². The van der Waals surface area contributed by atoms with Crippen molar-refractivity contribution in [3.05, 3.63) is 0 Å². The summed E-state index contributed by atoms with van der Waals surface area (Å²) in [6, 6.07) is 0.368. The Morgan fingerprint density at radius 2 is 2.29 bits per heavy atom. The van der Waals surface area contributed by atoms with Crippen LogP contribution in [0.15, 0.2) is 0 Å². The van der Waals surface area contributed by atoms with E-state index in [4.69, 9.17) is 9.84 Å². The third kappa shape index (κ3) is 2.69. The van der Waals surface area contributed by atoms with E-state index in [1.807, 2.05) is 0 Å². The van der Waals surface area contributed by atoms with Gasteiger partial charge in [-0.05, 0) is 25.7 Å². The van der Waals surface area contributed by atoms with Crippen LogP contribution in [0, 0.1) is 5.92 Å². The van der Waals surface area contributed by atoms with E-state index in [0.717, 1.165) is 6.42 Å². The summed E-state index contributed by atoms with van der Waals surface area (Å²) in [6.07, 6.45) is 1.58. The maximum absolute atomic E-state index is 11.1. The zero-order valence-electron chi connectivity index (χ0n) is 9.04. The van der Waals surface area contributed by atoms with Crippen molar-refractivity contribution < 1.29 is 14.6 Å². The van der Waals surface area contributed by atoms with E-state index in [9.17, 15) is 4.79 Å². The van der Waals surface area contributed by atoms with Gasteiger partial charge < -0.3 is 9.84 Å². The smallest absolute Gasteiger partial charge is 0.323 e. The Morgan fingerprint density at radius 1 is 1.71 bits per heavy atom. The first-order valence-corrected chi connectivity index (χ1v) is 4.99. The number of aliphatic carboxylic acids is 1. The van der Waals surface area contributed by atoms with Gasteiger partial charge in [-0.1, -0.05) is 6.92 Å². The number of ether oxygens (including phenoxy) is 1. The molecule has 3 unspecified atom stereocenters. The van der Waals surface area contributed by atoms with Crippen molar-refractivity contribution in [1.29, 1.82) is 0 Å². The Hall–Kier alpha value is -0.610. The summed E-state index contributed by atoms with van der Waals surface area (Å²) in [7, 11) is 1.59. The van der Waals surface area contributed by atoms with Crippen LogP contribution in [0.25, 0.3) is 0 Å². The summed E-state index contributed by atoms with van der Waals surface area (Å²) in [5.74, 6) is -0.190. The average molecular weight is 201 g/mol. The highest BCUT2D eigenvalue weighted by molar-refractivity contribution is 5.78. The van der Waals surface area contributed by atoms with Crippen LogP contribution in [0.5, 0.6) is 0 Å². The van der Waals surface area contributed by atoms with Gasteiger partial charge in [-0.2, -0.15) is 0 Å². The molecule has 0 radical (unpaired) electrons. The largest absolute Gasteiger partial charge is 0.480 e. The van der Waals surface area contributed by atoms with Crippen molar-refractivity contribution in [3.63, 3.8) is 0 Å². The minimum atomic E-state index is -0.842. The van der Waals surface area contributed by atoms with Crippen LogP contribution in [0.1, 0.15) is 26.7 Å². The molecule has 0 heterocycles. The third-order valence-electron chi connectivity index (χ3n) is 2.89. The molecule has 0 aromatic rings. The van der Waals surface area contributed by atoms with E-state index in [1.54, 1.807) is 14.0 Å². The number of carbonyl (C=O) groups is 1. The summed E-state index contributed by atoms with van der Waals surface area (Å²) in [5.41, 5.74) is -0.842. The summed E-state index contributed by atoms with van der Waals surface area (Å²) in [6.45, 7) is 4.31. The average Bonchev–Trinajstić information content (AvgIpc) is 2.78. The SMILES string of the molecule is COCCC(C)(NC1CC1C)C(=O)O. The van der Waals surface area contributed by atoms with Crippen molar-refractivity contribution in [2.24, 2.45) is 5.92 Å². The van der Waals surface area contributed by atoms with Crippen molar-refractivity contribution >= 4 is 5.97 Å². The van der Waals surface area contributed by atoms with E-state index in [1.165, 1.54) is 0 Å². The van der Waals surface area contributed by atoms with Crippen LogP contribution in [0.3, 0.4) is 0 Å². The highest BCUT2D eigenvalue weighted by atomic mass is 16.5. The van der Waals surface area contributed by atoms with Crippen molar-refractivity contribution in [3.8, 4) is 0 Å². The second kappa shape index (κ2) is 4.28. The molecule has 0 amide bonds. The number of rotatable bonds is 6. The molecule has 4 heteroatoms. The Balaban J connectivity index is 2.47. The van der Waals surface area contributed by atoms with Crippen LogP contribution in [-0.4, -0.2) is 36.4 Å². The van der Waals surface area contributed by atoms with Crippen LogP contribution in [0.2, 0.25) is 0 Å². The molecule has 0 bridgehead atoms. The molecule has 1 fully saturated rings. The number of hydrogen-bond donors (Lipinski definition) is 2. The molecule has 82 valence electrons. The standard InChI is InChI=1S/C10H19NO3/c1-7-6-8(7)11-10(2,9(12)13)4-5-14-3/h7-8,11H,4-6H2,1-3H3,(H,12,13). The lowest BCUT2D eigenvalue weighted by Crippen LogP contribution is -2.51. The fourth-order valence-electron chi connectivity index (χ4n) is 1.48. The van der Waals surface area contributed by atoms with Crippen molar-refractivity contribution in [1.82, 2.24) is 5.32 Å². The molecular formula is C10H19NO3. The first kappa shape index (κ1) is 11.5. The van der Waals surface area contributed by atoms with E-state index < -0.39 is 11.5 Å². The summed E-state index contributed by atoms with van der Waals surface area (Å²) < 4.78 is 4.91. The number of carboxylic acid groups (broad SMARTS) is 1. The molecule has 0 spiro atoms. The second-order valence-corrected chi connectivity index (χ2v) is 4.34. The molecular weight excluding hydrogens is 182 g/mol. The first-order valence-electron chi connectivity index (χ1n) is 4.99. The predicted octanol–water partition coefficient (Wildman–Crippen LogP) is 0.864. The molecule has 3 atom stereocenters. The molecule has 1 aliphatic carbocycles. The summed E-state index contributed by atoms with van der Waals surface area (Å²) in [4.78, 5) is 11.1. The number of hydrogen-bond acceptors (Lipinski definition) is 3. The van der Waals surface area contributed by atoms with Gasteiger partial charge in [0, 0.05) is 19.8 Å². The van der Waals surface area contributed by atoms with Crippen molar-refractivity contribution in [2.75, 3.05) is 13.7 Å². The normalized spacial score (nSPS) is 29.6. The molecule has 1 saturated carbocycles. The van der Waals surface area contributed by atoms with Gasteiger partial charge in [0.15, 0.2) is 0 Å². The van der Waals surface area contributed by atoms with E-state index in [-0.39, 0.29) is 0 Å². The molecule has 0 aromatic heterocycles. The fraction of sp³-hybridized carbons (Fsp3) is 0.900. The number of nitrogens with one attached hydrogen (secondary N) is 1. The molecule has 1 rings (SSSR count). The minimum absolute atomic E-state index is 0.368. The Labute approximate surface area is 84.6 Å². The Bertz CT molecular complexity index is 219. The van der Waals surface area contributed by atoms with E-state index in [0.29, 0.717) is 25.0 Å². The minimum Gasteiger partial charge on any atom is -0.480 e. The lowest BCUT2D eigenvalue weighted by Gasteiger charge is -2.26. The topological polar surface area (TPSA) is 58.6 Å². The maximum Gasteiger partial charge on any atom is 0.323 e. The van der Waals surface area contributed by atoms with E-state index in [2.05, 4.69) is 12.2 Å². The van der Waals surface area contributed by atoms with Gasteiger partial charge in [0.2, 0.25) is 0 Å². The van der Waals surface area contributed by atoms with Crippen LogP contribution in [-0.2, 0) is 9.53 Å². The lowest BCUT2D eigenvalue weighted by atomic mass is 9.98. The van der Waals surface area contributed by atoms with Gasteiger partial charge in [-0.25, -0.2) is 0 Å². The van der Waals surface area contributed by atoms with E-state index >= 15 is 0 Å². The van der Waals surface area contributed by atoms with Crippen LogP contribution < -0.4 is 5.32 Å².